The molecule has 1 aliphatic rings. The molecule has 1 saturated heterocycles. The van der Waals surface area contributed by atoms with Gasteiger partial charge in [0, 0.05) is 30.5 Å². The average molecular weight is 293 g/mol. The largest absolute Gasteiger partial charge is 0.378 e. The Morgan fingerprint density at radius 1 is 1.15 bits per heavy atom. The predicted octanol–water partition coefficient (Wildman–Crippen LogP) is 2.37. The Labute approximate surface area is 123 Å². The standard InChI is InChI=1S/C14H17ClN4O/c1-10-7-11(2)19(17-10)14-9-12(8-13(15)16-14)18-3-5-20-6-4-18/h7-9H,3-6H2,1-2H3. The molecule has 0 spiro atoms. The van der Waals surface area contributed by atoms with E-state index in [1.165, 1.54) is 0 Å². The Kier molecular flexibility index (Phi) is 3.63. The van der Waals surface area contributed by atoms with Crippen molar-refractivity contribution in [1.29, 1.82) is 0 Å². The molecule has 0 bridgehead atoms. The van der Waals surface area contributed by atoms with Gasteiger partial charge >= 0.3 is 0 Å². The highest BCUT2D eigenvalue weighted by molar-refractivity contribution is 6.29. The molecule has 0 atom stereocenters. The molecule has 106 valence electrons. The summed E-state index contributed by atoms with van der Waals surface area (Å²) < 4.78 is 7.21. The number of nitrogens with zero attached hydrogens (tertiary/aromatic N) is 4. The highest BCUT2D eigenvalue weighted by Gasteiger charge is 2.14. The highest BCUT2D eigenvalue weighted by atomic mass is 35.5. The van der Waals surface area contributed by atoms with Crippen LogP contribution in [0, 0.1) is 13.8 Å². The normalized spacial score (nSPS) is 15.7. The number of pyridine rings is 1. The molecule has 2 aromatic rings. The number of hydrogen-bond donors (Lipinski definition) is 0. The summed E-state index contributed by atoms with van der Waals surface area (Å²) in [5.74, 6) is 0.754. The predicted molar refractivity (Wildman–Crippen MR) is 78.9 cm³/mol. The molecule has 0 unspecified atom stereocenters. The van der Waals surface area contributed by atoms with E-state index in [9.17, 15) is 0 Å². The van der Waals surface area contributed by atoms with E-state index in [2.05, 4.69) is 15.0 Å². The molecular weight excluding hydrogens is 276 g/mol. The summed E-state index contributed by atoms with van der Waals surface area (Å²) in [6.07, 6.45) is 0. The highest BCUT2D eigenvalue weighted by Crippen LogP contribution is 2.23. The fraction of sp³-hybridized carbons (Fsp3) is 0.429. The molecule has 0 saturated carbocycles. The molecule has 1 aliphatic heterocycles. The Morgan fingerprint density at radius 2 is 1.90 bits per heavy atom. The number of morpholine rings is 1. The monoisotopic (exact) mass is 292 g/mol. The lowest BCUT2D eigenvalue weighted by Gasteiger charge is -2.29. The van der Waals surface area contributed by atoms with Crippen LogP contribution in [0.4, 0.5) is 5.69 Å². The van der Waals surface area contributed by atoms with E-state index in [-0.39, 0.29) is 0 Å². The van der Waals surface area contributed by atoms with Gasteiger partial charge in [-0.2, -0.15) is 5.10 Å². The minimum atomic E-state index is 0.483. The summed E-state index contributed by atoms with van der Waals surface area (Å²) in [6.45, 7) is 7.21. The molecule has 0 aromatic carbocycles. The van der Waals surface area contributed by atoms with E-state index in [0.29, 0.717) is 5.15 Å². The van der Waals surface area contributed by atoms with Crippen molar-refractivity contribution >= 4 is 17.3 Å². The van der Waals surface area contributed by atoms with Crippen LogP contribution < -0.4 is 4.90 Å². The Hall–Kier alpha value is -1.59. The molecule has 0 radical (unpaired) electrons. The zero-order valence-electron chi connectivity index (χ0n) is 11.6. The van der Waals surface area contributed by atoms with Gasteiger partial charge in [-0.3, -0.25) is 0 Å². The lowest BCUT2D eigenvalue weighted by molar-refractivity contribution is 0.122. The van der Waals surface area contributed by atoms with Crippen molar-refractivity contribution in [3.8, 4) is 5.82 Å². The van der Waals surface area contributed by atoms with Gasteiger partial charge < -0.3 is 9.64 Å². The second kappa shape index (κ2) is 5.42. The minimum absolute atomic E-state index is 0.483. The molecule has 0 amide bonds. The van der Waals surface area contributed by atoms with Crippen LogP contribution in [0.25, 0.3) is 5.82 Å². The molecule has 2 aromatic heterocycles. The van der Waals surface area contributed by atoms with Gasteiger partial charge in [0.15, 0.2) is 5.82 Å². The third-order valence-electron chi connectivity index (χ3n) is 3.37. The van der Waals surface area contributed by atoms with Crippen molar-refractivity contribution in [1.82, 2.24) is 14.8 Å². The Bertz CT molecular complexity index is 620. The van der Waals surface area contributed by atoms with Crippen molar-refractivity contribution in [2.45, 2.75) is 13.8 Å². The van der Waals surface area contributed by atoms with Crippen molar-refractivity contribution < 1.29 is 4.74 Å². The summed E-state index contributed by atoms with van der Waals surface area (Å²) in [4.78, 5) is 6.64. The van der Waals surface area contributed by atoms with Crippen LogP contribution in [-0.2, 0) is 4.74 Å². The number of aryl methyl sites for hydroxylation is 2. The molecule has 0 aliphatic carbocycles. The first-order valence-electron chi connectivity index (χ1n) is 6.67. The second-order valence-corrected chi connectivity index (χ2v) is 5.33. The van der Waals surface area contributed by atoms with Crippen LogP contribution in [0.1, 0.15) is 11.4 Å². The van der Waals surface area contributed by atoms with E-state index in [1.807, 2.05) is 36.7 Å². The van der Waals surface area contributed by atoms with Crippen molar-refractivity contribution in [2.24, 2.45) is 0 Å². The van der Waals surface area contributed by atoms with E-state index >= 15 is 0 Å². The van der Waals surface area contributed by atoms with Gasteiger partial charge in [0.05, 0.1) is 18.9 Å². The number of ether oxygens (including phenoxy) is 1. The van der Waals surface area contributed by atoms with Crippen LogP contribution in [-0.4, -0.2) is 41.1 Å². The fourth-order valence-corrected chi connectivity index (χ4v) is 2.64. The van der Waals surface area contributed by atoms with E-state index in [1.54, 1.807) is 0 Å². The zero-order chi connectivity index (χ0) is 14.1. The summed E-state index contributed by atoms with van der Waals surface area (Å²) in [7, 11) is 0. The van der Waals surface area contributed by atoms with Crippen molar-refractivity contribution in [3.05, 3.63) is 34.7 Å². The van der Waals surface area contributed by atoms with Crippen LogP contribution in [0.3, 0.4) is 0 Å². The maximum Gasteiger partial charge on any atom is 0.157 e. The zero-order valence-corrected chi connectivity index (χ0v) is 12.4. The number of hydrogen-bond acceptors (Lipinski definition) is 4. The quantitative estimate of drug-likeness (QED) is 0.797. The molecule has 0 N–H and O–H groups in total. The smallest absolute Gasteiger partial charge is 0.157 e. The lowest BCUT2D eigenvalue weighted by atomic mass is 10.3. The maximum atomic E-state index is 6.17. The molecule has 3 rings (SSSR count). The van der Waals surface area contributed by atoms with Gasteiger partial charge in [0.1, 0.15) is 5.15 Å². The van der Waals surface area contributed by atoms with Crippen LogP contribution >= 0.6 is 11.6 Å². The van der Waals surface area contributed by atoms with Gasteiger partial charge in [0.2, 0.25) is 0 Å². The van der Waals surface area contributed by atoms with Crippen molar-refractivity contribution in [3.63, 3.8) is 0 Å². The fourth-order valence-electron chi connectivity index (χ4n) is 2.44. The maximum absolute atomic E-state index is 6.17. The number of aromatic nitrogens is 3. The van der Waals surface area contributed by atoms with Gasteiger partial charge in [-0.05, 0) is 26.0 Å². The number of anilines is 1. The topological polar surface area (TPSA) is 43.2 Å². The minimum Gasteiger partial charge on any atom is -0.378 e. The Morgan fingerprint density at radius 3 is 2.55 bits per heavy atom. The number of halogens is 1. The van der Waals surface area contributed by atoms with Gasteiger partial charge in [-0.15, -0.1) is 0 Å². The van der Waals surface area contributed by atoms with Crippen LogP contribution in [0.2, 0.25) is 5.15 Å². The third-order valence-corrected chi connectivity index (χ3v) is 3.56. The molecule has 6 heteroatoms. The number of rotatable bonds is 2. The summed E-state index contributed by atoms with van der Waals surface area (Å²) in [5.41, 5.74) is 3.08. The molecule has 1 fully saturated rings. The molecule has 20 heavy (non-hydrogen) atoms. The molecule has 3 heterocycles. The van der Waals surface area contributed by atoms with Crippen molar-refractivity contribution in [2.75, 3.05) is 31.2 Å². The summed E-state index contributed by atoms with van der Waals surface area (Å²) in [5, 5.41) is 4.94. The van der Waals surface area contributed by atoms with Gasteiger partial charge in [-0.25, -0.2) is 9.67 Å². The Balaban J connectivity index is 1.99. The third kappa shape index (κ3) is 2.64. The van der Waals surface area contributed by atoms with E-state index < -0.39 is 0 Å². The lowest BCUT2D eigenvalue weighted by Crippen LogP contribution is -2.36. The average Bonchev–Trinajstić information content (AvgIpc) is 2.78. The van der Waals surface area contributed by atoms with Gasteiger partial charge in [-0.1, -0.05) is 11.6 Å². The molecule has 5 nitrogen and oxygen atoms in total. The first-order valence-corrected chi connectivity index (χ1v) is 7.05. The second-order valence-electron chi connectivity index (χ2n) is 4.94. The SMILES string of the molecule is Cc1cc(C)n(-c2cc(N3CCOCC3)cc(Cl)n2)n1. The van der Waals surface area contributed by atoms with Crippen LogP contribution in [0.5, 0.6) is 0 Å². The van der Waals surface area contributed by atoms with E-state index in [4.69, 9.17) is 16.3 Å². The summed E-state index contributed by atoms with van der Waals surface area (Å²) in [6, 6.07) is 5.94. The molecular formula is C14H17ClN4O. The van der Waals surface area contributed by atoms with Crippen LogP contribution in [0.15, 0.2) is 18.2 Å². The summed E-state index contributed by atoms with van der Waals surface area (Å²) >= 11 is 6.17. The first-order chi connectivity index (χ1) is 9.63. The first kappa shape index (κ1) is 13.4. The van der Waals surface area contributed by atoms with E-state index in [0.717, 1.165) is 49.2 Å². The van der Waals surface area contributed by atoms with Gasteiger partial charge in [0.25, 0.3) is 0 Å².